The Bertz CT molecular complexity index is 1130. The molecule has 2 heterocycles. The lowest BCUT2D eigenvalue weighted by Crippen LogP contribution is -1.99. The largest absolute Gasteiger partial charge is 0.488 e. The van der Waals surface area contributed by atoms with Gasteiger partial charge in [-0.3, -0.25) is 4.79 Å². The van der Waals surface area contributed by atoms with Crippen LogP contribution in [0.15, 0.2) is 72.9 Å². The quantitative estimate of drug-likeness (QED) is 0.398. The number of carbonyl (C=O) groups is 1. The van der Waals surface area contributed by atoms with Gasteiger partial charge in [0.1, 0.15) is 12.4 Å². The Morgan fingerprint density at radius 1 is 0.929 bits per heavy atom. The number of hydrogen-bond donors (Lipinski definition) is 0. The fourth-order valence-corrected chi connectivity index (χ4v) is 3.57. The Hall–Kier alpha value is -3.33. The van der Waals surface area contributed by atoms with Gasteiger partial charge in [0.05, 0.1) is 5.69 Å². The first-order chi connectivity index (χ1) is 13.7. The summed E-state index contributed by atoms with van der Waals surface area (Å²) in [5.41, 5.74) is 7.01. The van der Waals surface area contributed by atoms with E-state index in [0.717, 1.165) is 46.2 Å². The molecule has 4 rings (SSSR count). The smallest absolute Gasteiger partial charge is 0.167 e. The summed E-state index contributed by atoms with van der Waals surface area (Å²) in [7, 11) is 0. The van der Waals surface area contributed by atoms with E-state index in [0.29, 0.717) is 12.3 Å². The van der Waals surface area contributed by atoms with Gasteiger partial charge < -0.3 is 9.14 Å². The van der Waals surface area contributed by atoms with Gasteiger partial charge in [0.2, 0.25) is 0 Å². The maximum Gasteiger partial charge on any atom is 0.167 e. The molecular formula is C25H23NO2. The molecule has 0 atom stereocenters. The van der Waals surface area contributed by atoms with Crippen LogP contribution in [0.2, 0.25) is 0 Å². The Labute approximate surface area is 165 Å². The van der Waals surface area contributed by atoms with Crippen LogP contribution in [0.3, 0.4) is 0 Å². The van der Waals surface area contributed by atoms with Gasteiger partial charge in [0.15, 0.2) is 6.29 Å². The number of pyridine rings is 1. The Kier molecular flexibility index (Phi) is 4.98. The number of fused-ring (bicyclic) bond motifs is 1. The van der Waals surface area contributed by atoms with E-state index in [2.05, 4.69) is 38.1 Å². The summed E-state index contributed by atoms with van der Waals surface area (Å²) in [6.45, 7) is 4.68. The van der Waals surface area contributed by atoms with Gasteiger partial charge in [-0.1, -0.05) is 49.4 Å². The summed E-state index contributed by atoms with van der Waals surface area (Å²) >= 11 is 0. The number of aromatic nitrogens is 1. The predicted molar refractivity (Wildman–Crippen MR) is 113 cm³/mol. The molecule has 0 fully saturated rings. The van der Waals surface area contributed by atoms with Crippen molar-refractivity contribution in [2.45, 2.75) is 26.9 Å². The molecule has 2 aromatic carbocycles. The second kappa shape index (κ2) is 7.73. The zero-order valence-electron chi connectivity index (χ0n) is 16.2. The molecule has 0 N–H and O–H groups in total. The summed E-state index contributed by atoms with van der Waals surface area (Å²) in [5, 5.41) is 0. The molecule has 0 saturated heterocycles. The Balaban J connectivity index is 1.83. The van der Waals surface area contributed by atoms with Crippen molar-refractivity contribution in [3.63, 3.8) is 0 Å². The second-order valence-electron chi connectivity index (χ2n) is 6.97. The van der Waals surface area contributed by atoms with E-state index in [1.54, 1.807) is 0 Å². The highest BCUT2D eigenvalue weighted by atomic mass is 16.5. The summed E-state index contributed by atoms with van der Waals surface area (Å²) in [4.78, 5) is 12.0. The van der Waals surface area contributed by atoms with E-state index in [4.69, 9.17) is 4.74 Å². The molecule has 0 aliphatic rings. The standard InChI is InChI=1S/C25H23NO2/c1-3-19-11-12-25(28-17-20-9-5-4-6-10-20)22(14-19)21-15-23-18(2)8-7-13-26(23)24(21)16-27/h4-16H,3,17H2,1-2H3. The molecule has 3 heteroatoms. The molecule has 0 unspecified atom stereocenters. The first-order valence-corrected chi connectivity index (χ1v) is 9.57. The molecule has 4 aromatic rings. The number of aryl methyl sites for hydroxylation is 2. The van der Waals surface area contributed by atoms with Crippen LogP contribution in [-0.4, -0.2) is 10.7 Å². The molecule has 0 radical (unpaired) electrons. The zero-order valence-corrected chi connectivity index (χ0v) is 16.2. The molecule has 0 amide bonds. The summed E-state index contributed by atoms with van der Waals surface area (Å²) in [6.07, 6.45) is 3.79. The molecular weight excluding hydrogens is 346 g/mol. The third-order valence-electron chi connectivity index (χ3n) is 5.15. The van der Waals surface area contributed by atoms with E-state index >= 15 is 0 Å². The number of nitrogens with zero attached hydrogens (tertiary/aromatic N) is 1. The number of hydrogen-bond acceptors (Lipinski definition) is 2. The minimum absolute atomic E-state index is 0.488. The highest BCUT2D eigenvalue weighted by Crippen LogP contribution is 2.36. The monoisotopic (exact) mass is 369 g/mol. The van der Waals surface area contributed by atoms with Crippen LogP contribution >= 0.6 is 0 Å². The molecule has 0 aliphatic carbocycles. The number of benzene rings is 2. The van der Waals surface area contributed by atoms with Crippen molar-refractivity contribution in [2.24, 2.45) is 0 Å². The van der Waals surface area contributed by atoms with Crippen LogP contribution in [0.1, 0.15) is 34.1 Å². The summed E-state index contributed by atoms with van der Waals surface area (Å²) in [5.74, 6) is 0.790. The highest BCUT2D eigenvalue weighted by molar-refractivity contribution is 5.92. The number of carbonyl (C=O) groups excluding carboxylic acids is 1. The topological polar surface area (TPSA) is 30.7 Å². The average Bonchev–Trinajstić information content (AvgIpc) is 3.12. The average molecular weight is 369 g/mol. The van der Waals surface area contributed by atoms with E-state index < -0.39 is 0 Å². The van der Waals surface area contributed by atoms with E-state index in [1.807, 2.05) is 53.1 Å². The summed E-state index contributed by atoms with van der Waals surface area (Å²) < 4.78 is 8.13. The van der Waals surface area contributed by atoms with Crippen LogP contribution in [0, 0.1) is 6.92 Å². The van der Waals surface area contributed by atoms with Crippen molar-refractivity contribution < 1.29 is 9.53 Å². The number of ether oxygens (including phenoxy) is 1. The first kappa shape index (κ1) is 18.1. The Morgan fingerprint density at radius 3 is 2.50 bits per heavy atom. The molecule has 140 valence electrons. The minimum Gasteiger partial charge on any atom is -0.488 e. The molecule has 0 bridgehead atoms. The van der Waals surface area contributed by atoms with Crippen molar-refractivity contribution in [1.82, 2.24) is 4.40 Å². The van der Waals surface area contributed by atoms with E-state index in [-0.39, 0.29) is 0 Å². The third-order valence-corrected chi connectivity index (χ3v) is 5.15. The van der Waals surface area contributed by atoms with E-state index in [1.165, 1.54) is 5.56 Å². The SMILES string of the molecule is CCc1ccc(OCc2ccccc2)c(-c2cc3c(C)cccn3c2C=O)c1. The van der Waals surface area contributed by atoms with Crippen molar-refractivity contribution in [3.05, 3.63) is 95.3 Å². The van der Waals surface area contributed by atoms with Gasteiger partial charge in [-0.05, 0) is 54.3 Å². The fourth-order valence-electron chi connectivity index (χ4n) is 3.57. The summed E-state index contributed by atoms with van der Waals surface area (Å²) in [6, 6.07) is 22.5. The molecule has 2 aromatic heterocycles. The lowest BCUT2D eigenvalue weighted by molar-refractivity contribution is 0.111. The molecule has 0 spiro atoms. The normalized spacial score (nSPS) is 10.9. The second-order valence-corrected chi connectivity index (χ2v) is 6.97. The van der Waals surface area contributed by atoms with Crippen LogP contribution in [0.25, 0.3) is 16.6 Å². The Morgan fingerprint density at radius 2 is 1.75 bits per heavy atom. The maximum absolute atomic E-state index is 12.0. The van der Waals surface area contributed by atoms with Crippen LogP contribution in [0.5, 0.6) is 5.75 Å². The lowest BCUT2D eigenvalue weighted by atomic mass is 10.0. The van der Waals surface area contributed by atoms with Crippen molar-refractivity contribution in [1.29, 1.82) is 0 Å². The van der Waals surface area contributed by atoms with Crippen molar-refractivity contribution in [2.75, 3.05) is 0 Å². The van der Waals surface area contributed by atoms with Gasteiger partial charge in [-0.25, -0.2) is 0 Å². The molecule has 3 nitrogen and oxygen atoms in total. The molecule has 0 aliphatic heterocycles. The lowest BCUT2D eigenvalue weighted by Gasteiger charge is -2.13. The number of rotatable bonds is 6. The predicted octanol–water partition coefficient (Wildman–Crippen LogP) is 5.87. The first-order valence-electron chi connectivity index (χ1n) is 9.57. The van der Waals surface area contributed by atoms with E-state index in [9.17, 15) is 4.79 Å². The van der Waals surface area contributed by atoms with Gasteiger partial charge in [0.25, 0.3) is 0 Å². The highest BCUT2D eigenvalue weighted by Gasteiger charge is 2.17. The van der Waals surface area contributed by atoms with Crippen LogP contribution in [0.4, 0.5) is 0 Å². The molecule has 0 saturated carbocycles. The van der Waals surface area contributed by atoms with Gasteiger partial charge in [-0.15, -0.1) is 0 Å². The zero-order chi connectivity index (χ0) is 19.5. The minimum atomic E-state index is 0.488. The van der Waals surface area contributed by atoms with Crippen LogP contribution in [-0.2, 0) is 13.0 Å². The number of aldehydes is 1. The fraction of sp³-hybridized carbons (Fsp3) is 0.160. The van der Waals surface area contributed by atoms with Crippen LogP contribution < -0.4 is 4.74 Å². The molecule has 28 heavy (non-hydrogen) atoms. The maximum atomic E-state index is 12.0. The van der Waals surface area contributed by atoms with Crippen molar-refractivity contribution in [3.8, 4) is 16.9 Å². The third kappa shape index (κ3) is 3.31. The van der Waals surface area contributed by atoms with Gasteiger partial charge >= 0.3 is 0 Å². The van der Waals surface area contributed by atoms with Crippen molar-refractivity contribution >= 4 is 11.8 Å². The van der Waals surface area contributed by atoms with Gasteiger partial charge in [-0.2, -0.15) is 0 Å². The van der Waals surface area contributed by atoms with Gasteiger partial charge in [0, 0.05) is 22.8 Å².